The number of hydrogen-bond acceptors (Lipinski definition) is 4. The van der Waals surface area contributed by atoms with Gasteiger partial charge in [-0.2, -0.15) is 0 Å². The number of amides is 1. The number of nitrogens with zero attached hydrogens (tertiary/aromatic N) is 2. The summed E-state index contributed by atoms with van der Waals surface area (Å²) >= 11 is 0. The second kappa shape index (κ2) is 4.57. The van der Waals surface area contributed by atoms with E-state index in [1.165, 1.54) is 12.3 Å². The molecular weight excluding hydrogens is 224 g/mol. The lowest BCUT2D eigenvalue weighted by Crippen LogP contribution is -2.46. The highest BCUT2D eigenvalue weighted by molar-refractivity contribution is 5.92. The van der Waals surface area contributed by atoms with Crippen molar-refractivity contribution in [1.29, 1.82) is 0 Å². The monoisotopic (exact) mass is 238 g/mol. The quantitative estimate of drug-likeness (QED) is 0.830. The number of rotatable bonds is 2. The van der Waals surface area contributed by atoms with Gasteiger partial charge in [-0.15, -0.1) is 0 Å². The van der Waals surface area contributed by atoms with E-state index in [1.54, 1.807) is 4.90 Å². The number of carboxylic acids is 1. The smallest absolute Gasteiger partial charge is 0.306 e. The average molecular weight is 238 g/mol. The maximum Gasteiger partial charge on any atom is 0.306 e. The van der Waals surface area contributed by atoms with Crippen LogP contribution in [0.15, 0.2) is 16.9 Å². The number of hydrogen-bond donors (Lipinski definition) is 1. The van der Waals surface area contributed by atoms with Gasteiger partial charge in [0.25, 0.3) is 5.91 Å². The van der Waals surface area contributed by atoms with Crippen molar-refractivity contribution in [3.8, 4) is 0 Å². The fraction of sp³-hybridized carbons (Fsp3) is 0.545. The maximum absolute atomic E-state index is 12.0. The maximum atomic E-state index is 12.0. The van der Waals surface area contributed by atoms with Gasteiger partial charge in [0.05, 0.1) is 5.92 Å². The number of aromatic nitrogens is 1. The van der Waals surface area contributed by atoms with Crippen molar-refractivity contribution in [2.45, 2.75) is 25.8 Å². The van der Waals surface area contributed by atoms with E-state index in [4.69, 9.17) is 5.11 Å². The normalized spacial score (nSPS) is 24.6. The third-order valence-corrected chi connectivity index (χ3v) is 3.14. The van der Waals surface area contributed by atoms with Crippen LogP contribution in [-0.4, -0.2) is 39.6 Å². The molecular formula is C11H14N2O4. The lowest BCUT2D eigenvalue weighted by molar-refractivity contribution is -0.143. The molecule has 1 amide bonds. The number of carboxylic acid groups (broad SMARTS) is 1. The van der Waals surface area contributed by atoms with Crippen LogP contribution in [0.2, 0.25) is 0 Å². The Kier molecular flexibility index (Phi) is 3.12. The zero-order valence-electron chi connectivity index (χ0n) is 9.50. The first-order chi connectivity index (χ1) is 8.09. The van der Waals surface area contributed by atoms with Gasteiger partial charge in [-0.1, -0.05) is 5.16 Å². The summed E-state index contributed by atoms with van der Waals surface area (Å²) in [5.41, 5.74) is 0.269. The molecule has 2 rings (SSSR count). The third kappa shape index (κ3) is 2.30. The largest absolute Gasteiger partial charge is 0.481 e. The van der Waals surface area contributed by atoms with Crippen LogP contribution in [0.5, 0.6) is 0 Å². The first kappa shape index (κ1) is 11.6. The molecule has 6 nitrogen and oxygen atoms in total. The molecule has 0 radical (unpaired) electrons. The topological polar surface area (TPSA) is 83.6 Å². The first-order valence-electron chi connectivity index (χ1n) is 5.53. The number of carbonyl (C=O) groups excluding carboxylic acids is 1. The van der Waals surface area contributed by atoms with E-state index in [0.717, 1.165) is 0 Å². The Morgan fingerprint density at radius 1 is 1.59 bits per heavy atom. The minimum atomic E-state index is -0.787. The highest BCUT2D eigenvalue weighted by atomic mass is 16.5. The van der Waals surface area contributed by atoms with E-state index in [9.17, 15) is 9.59 Å². The summed E-state index contributed by atoms with van der Waals surface area (Å²) in [6.45, 7) is 2.30. The van der Waals surface area contributed by atoms with Gasteiger partial charge in [0.15, 0.2) is 5.69 Å². The zero-order chi connectivity index (χ0) is 12.4. The summed E-state index contributed by atoms with van der Waals surface area (Å²) in [5, 5.41) is 12.5. The molecule has 1 aliphatic heterocycles. The fourth-order valence-electron chi connectivity index (χ4n) is 2.17. The van der Waals surface area contributed by atoms with Gasteiger partial charge in [-0.3, -0.25) is 9.59 Å². The van der Waals surface area contributed by atoms with E-state index in [0.29, 0.717) is 19.4 Å². The molecule has 1 aromatic rings. The molecule has 0 aliphatic carbocycles. The van der Waals surface area contributed by atoms with E-state index in [-0.39, 0.29) is 23.6 Å². The first-order valence-corrected chi connectivity index (χ1v) is 5.53. The fourth-order valence-corrected chi connectivity index (χ4v) is 2.17. The number of likely N-dealkylation sites (tertiary alicyclic amines) is 1. The second-order valence-electron chi connectivity index (χ2n) is 4.29. The molecule has 1 aliphatic rings. The molecule has 17 heavy (non-hydrogen) atoms. The number of carbonyl (C=O) groups is 2. The SMILES string of the molecule is CC1CC(C(=O)O)CCN1C(=O)c1ccon1. The van der Waals surface area contributed by atoms with Gasteiger partial charge >= 0.3 is 5.97 Å². The summed E-state index contributed by atoms with van der Waals surface area (Å²) in [6.07, 6.45) is 2.32. The summed E-state index contributed by atoms with van der Waals surface area (Å²) < 4.78 is 4.63. The van der Waals surface area contributed by atoms with Gasteiger partial charge < -0.3 is 14.5 Å². The van der Waals surface area contributed by atoms with E-state index < -0.39 is 5.97 Å². The van der Waals surface area contributed by atoms with Crippen molar-refractivity contribution >= 4 is 11.9 Å². The van der Waals surface area contributed by atoms with Gasteiger partial charge in [0.1, 0.15) is 6.26 Å². The summed E-state index contributed by atoms with van der Waals surface area (Å²) in [4.78, 5) is 24.5. The molecule has 1 fully saturated rings. The van der Waals surface area contributed by atoms with Crippen molar-refractivity contribution in [3.63, 3.8) is 0 Å². The Morgan fingerprint density at radius 2 is 2.35 bits per heavy atom. The van der Waals surface area contributed by atoms with Gasteiger partial charge in [-0.25, -0.2) is 0 Å². The lowest BCUT2D eigenvalue weighted by atomic mass is 9.91. The van der Waals surface area contributed by atoms with Crippen LogP contribution in [-0.2, 0) is 4.79 Å². The highest BCUT2D eigenvalue weighted by Crippen LogP contribution is 2.24. The number of piperidine rings is 1. The molecule has 1 N–H and O–H groups in total. The lowest BCUT2D eigenvalue weighted by Gasteiger charge is -2.35. The van der Waals surface area contributed by atoms with Crippen LogP contribution in [0, 0.1) is 5.92 Å². The highest BCUT2D eigenvalue weighted by Gasteiger charge is 2.33. The van der Waals surface area contributed by atoms with Crippen LogP contribution in [0.4, 0.5) is 0 Å². The Bertz CT molecular complexity index is 415. The zero-order valence-corrected chi connectivity index (χ0v) is 9.50. The van der Waals surface area contributed by atoms with Crippen molar-refractivity contribution in [3.05, 3.63) is 18.0 Å². The second-order valence-corrected chi connectivity index (χ2v) is 4.29. The Hall–Kier alpha value is -1.85. The third-order valence-electron chi connectivity index (χ3n) is 3.14. The van der Waals surface area contributed by atoms with Gasteiger partial charge in [-0.05, 0) is 19.8 Å². The minimum absolute atomic E-state index is 0.0888. The standard InChI is InChI=1S/C11H14N2O4/c1-7-6-8(11(15)16)2-4-13(7)10(14)9-3-5-17-12-9/h3,5,7-8H,2,4,6H2,1H3,(H,15,16). The van der Waals surface area contributed by atoms with Gasteiger partial charge in [0.2, 0.25) is 0 Å². The predicted octanol–water partition coefficient (Wildman–Crippen LogP) is 1.000. The Labute approximate surface area is 98.2 Å². The van der Waals surface area contributed by atoms with E-state index in [2.05, 4.69) is 9.68 Å². The molecule has 92 valence electrons. The molecule has 2 unspecified atom stereocenters. The van der Waals surface area contributed by atoms with Crippen LogP contribution in [0.1, 0.15) is 30.3 Å². The van der Waals surface area contributed by atoms with E-state index >= 15 is 0 Å². The predicted molar refractivity (Wildman–Crippen MR) is 57.4 cm³/mol. The average Bonchev–Trinajstić information content (AvgIpc) is 2.81. The van der Waals surface area contributed by atoms with Crippen molar-refractivity contribution in [1.82, 2.24) is 10.1 Å². The van der Waals surface area contributed by atoms with Crippen LogP contribution in [0.25, 0.3) is 0 Å². The van der Waals surface area contributed by atoms with Crippen molar-refractivity contribution < 1.29 is 19.2 Å². The van der Waals surface area contributed by atoms with Gasteiger partial charge in [0, 0.05) is 18.7 Å². The molecule has 1 aromatic heterocycles. The molecule has 0 saturated carbocycles. The van der Waals surface area contributed by atoms with Crippen LogP contribution in [0.3, 0.4) is 0 Å². The molecule has 2 atom stereocenters. The van der Waals surface area contributed by atoms with Crippen molar-refractivity contribution in [2.75, 3.05) is 6.54 Å². The van der Waals surface area contributed by atoms with E-state index in [1.807, 2.05) is 6.92 Å². The molecule has 0 spiro atoms. The Balaban J connectivity index is 2.05. The molecule has 0 aromatic carbocycles. The molecule has 6 heteroatoms. The molecule has 2 heterocycles. The summed E-state index contributed by atoms with van der Waals surface area (Å²) in [7, 11) is 0. The van der Waals surface area contributed by atoms with Crippen LogP contribution < -0.4 is 0 Å². The molecule has 1 saturated heterocycles. The summed E-state index contributed by atoms with van der Waals surface area (Å²) in [6, 6.07) is 1.42. The Morgan fingerprint density at radius 3 is 2.88 bits per heavy atom. The minimum Gasteiger partial charge on any atom is -0.481 e. The van der Waals surface area contributed by atoms with Crippen LogP contribution >= 0.6 is 0 Å². The number of aliphatic carboxylic acids is 1. The van der Waals surface area contributed by atoms with Crippen molar-refractivity contribution in [2.24, 2.45) is 5.92 Å². The molecule has 0 bridgehead atoms. The summed E-state index contributed by atoms with van der Waals surface area (Å²) in [5.74, 6) is -1.34.